The molecule has 0 aliphatic rings. The lowest BCUT2D eigenvalue weighted by atomic mass is 10.2. The van der Waals surface area contributed by atoms with Gasteiger partial charge in [-0.15, -0.1) is 0 Å². The van der Waals surface area contributed by atoms with Crippen molar-refractivity contribution in [1.29, 1.82) is 0 Å². The van der Waals surface area contributed by atoms with Crippen LogP contribution in [0.5, 0.6) is 0 Å². The molecule has 0 atom stereocenters. The highest BCUT2D eigenvalue weighted by Gasteiger charge is 2.21. The van der Waals surface area contributed by atoms with E-state index in [0.29, 0.717) is 11.4 Å². The fraction of sp³-hybridized carbons (Fsp3) is 0.176. The number of rotatable bonds is 6. The number of nitrogens with one attached hydrogen (secondary N) is 2. The van der Waals surface area contributed by atoms with Gasteiger partial charge in [0.15, 0.2) is 0 Å². The molecule has 2 aromatic rings. The molecule has 0 aliphatic carbocycles. The van der Waals surface area contributed by atoms with Crippen LogP contribution in [0.4, 0.5) is 17.1 Å². The Morgan fingerprint density at radius 1 is 0.963 bits per heavy atom. The maximum atomic E-state index is 12.3. The van der Waals surface area contributed by atoms with Gasteiger partial charge < -0.3 is 10.6 Å². The largest absolute Gasteiger partial charge is 0.326 e. The molecule has 0 aromatic heterocycles. The molecule has 2 aromatic carbocycles. The molecule has 0 radical (unpaired) electrons. The summed E-state index contributed by atoms with van der Waals surface area (Å²) in [5.41, 5.74) is 1.26. The summed E-state index contributed by atoms with van der Waals surface area (Å²) in [7, 11) is -3.73. The van der Waals surface area contributed by atoms with Gasteiger partial charge in [0.1, 0.15) is 6.54 Å². The average Bonchev–Trinajstić information content (AvgIpc) is 2.56. The van der Waals surface area contributed by atoms with Crippen molar-refractivity contribution in [1.82, 2.24) is 0 Å². The second-order valence-corrected chi connectivity index (χ2v) is 8.40. The van der Waals surface area contributed by atoms with Crippen LogP contribution in [-0.4, -0.2) is 33.0 Å². The van der Waals surface area contributed by atoms with E-state index in [1.165, 1.54) is 25.1 Å². The maximum Gasteiger partial charge on any atom is 0.245 e. The molecule has 144 valence electrons. The van der Waals surface area contributed by atoms with Crippen molar-refractivity contribution >= 4 is 62.1 Å². The number of carbonyl (C=O) groups is 2. The van der Waals surface area contributed by atoms with E-state index >= 15 is 0 Å². The van der Waals surface area contributed by atoms with Crippen LogP contribution < -0.4 is 14.9 Å². The Morgan fingerprint density at radius 2 is 1.52 bits per heavy atom. The van der Waals surface area contributed by atoms with Gasteiger partial charge in [-0.1, -0.05) is 23.2 Å². The Hall–Kier alpha value is -2.29. The van der Waals surface area contributed by atoms with Crippen molar-refractivity contribution in [2.24, 2.45) is 0 Å². The molecule has 0 bridgehead atoms. The fourth-order valence-corrected chi connectivity index (χ4v) is 3.35. The summed E-state index contributed by atoms with van der Waals surface area (Å²) in [5.74, 6) is -0.754. The van der Waals surface area contributed by atoms with Gasteiger partial charge in [-0.25, -0.2) is 8.42 Å². The van der Waals surface area contributed by atoms with Gasteiger partial charge >= 0.3 is 0 Å². The molecule has 2 rings (SSSR count). The molecule has 0 heterocycles. The molecule has 7 nitrogen and oxygen atoms in total. The van der Waals surface area contributed by atoms with E-state index in [2.05, 4.69) is 10.6 Å². The molecule has 2 amide bonds. The summed E-state index contributed by atoms with van der Waals surface area (Å²) in [6.07, 6.45) is 0.991. The Balaban J connectivity index is 2.14. The highest BCUT2D eigenvalue weighted by Crippen LogP contribution is 2.28. The van der Waals surface area contributed by atoms with Crippen LogP contribution >= 0.6 is 23.2 Å². The second kappa shape index (κ2) is 8.60. The van der Waals surface area contributed by atoms with Gasteiger partial charge in [-0.3, -0.25) is 13.9 Å². The van der Waals surface area contributed by atoms with Gasteiger partial charge in [-0.2, -0.15) is 0 Å². The minimum Gasteiger partial charge on any atom is -0.326 e. The summed E-state index contributed by atoms with van der Waals surface area (Å²) >= 11 is 11.8. The van der Waals surface area contributed by atoms with Gasteiger partial charge in [0, 0.05) is 18.3 Å². The molecular weight excluding hydrogens is 413 g/mol. The average molecular weight is 430 g/mol. The zero-order valence-electron chi connectivity index (χ0n) is 14.5. The standard InChI is InChI=1S/C17H17Cl2N3O4S/c1-11(23)20-12-3-5-13(6-4-12)21-17(24)10-22(27(2,25)26)14-7-8-15(18)16(19)9-14/h3-9H,10H2,1-2H3,(H,20,23)(H,21,24). The van der Waals surface area contributed by atoms with E-state index in [1.807, 2.05) is 0 Å². The number of amides is 2. The first-order valence-corrected chi connectivity index (χ1v) is 10.3. The summed E-state index contributed by atoms with van der Waals surface area (Å²) in [4.78, 5) is 23.3. The van der Waals surface area contributed by atoms with Crippen LogP contribution in [0.3, 0.4) is 0 Å². The predicted octanol–water partition coefficient (Wildman–Crippen LogP) is 3.36. The zero-order chi connectivity index (χ0) is 20.2. The van der Waals surface area contributed by atoms with Crippen molar-refractivity contribution in [3.63, 3.8) is 0 Å². The highest BCUT2D eigenvalue weighted by atomic mass is 35.5. The molecule has 0 saturated carbocycles. The van der Waals surface area contributed by atoms with Crippen molar-refractivity contribution in [3.8, 4) is 0 Å². The summed E-state index contributed by atoms with van der Waals surface area (Å²) in [5, 5.41) is 5.66. The molecule has 2 N–H and O–H groups in total. The Bertz CT molecular complexity index is 963. The predicted molar refractivity (Wildman–Crippen MR) is 108 cm³/mol. The van der Waals surface area contributed by atoms with E-state index in [1.54, 1.807) is 24.3 Å². The van der Waals surface area contributed by atoms with Crippen molar-refractivity contribution in [2.45, 2.75) is 6.92 Å². The first-order valence-electron chi connectivity index (χ1n) is 7.66. The van der Waals surface area contributed by atoms with E-state index in [4.69, 9.17) is 23.2 Å². The minimum absolute atomic E-state index is 0.178. The zero-order valence-corrected chi connectivity index (χ0v) is 16.8. The van der Waals surface area contributed by atoms with Crippen LogP contribution in [0.2, 0.25) is 10.0 Å². The third-order valence-electron chi connectivity index (χ3n) is 3.37. The molecule has 0 fully saturated rings. The van der Waals surface area contributed by atoms with E-state index in [-0.39, 0.29) is 21.6 Å². The molecular formula is C17H17Cl2N3O4S. The molecule has 0 aliphatic heterocycles. The fourth-order valence-electron chi connectivity index (χ4n) is 2.21. The number of benzene rings is 2. The third kappa shape index (κ3) is 6.13. The van der Waals surface area contributed by atoms with Crippen LogP contribution in [0, 0.1) is 0 Å². The Labute approximate surface area is 167 Å². The number of anilines is 3. The van der Waals surface area contributed by atoms with Gasteiger partial charge in [0.25, 0.3) is 0 Å². The molecule has 0 unspecified atom stereocenters. The first-order chi connectivity index (χ1) is 12.6. The summed E-state index contributed by atoms with van der Waals surface area (Å²) < 4.78 is 25.1. The SMILES string of the molecule is CC(=O)Nc1ccc(NC(=O)CN(c2ccc(Cl)c(Cl)c2)S(C)(=O)=O)cc1. The van der Waals surface area contributed by atoms with Gasteiger partial charge in [0.05, 0.1) is 22.0 Å². The Morgan fingerprint density at radius 3 is 2.00 bits per heavy atom. The normalized spacial score (nSPS) is 11.0. The lowest BCUT2D eigenvalue weighted by molar-refractivity contribution is -0.115. The number of hydrogen-bond donors (Lipinski definition) is 2. The lowest BCUT2D eigenvalue weighted by Gasteiger charge is -2.22. The van der Waals surface area contributed by atoms with Crippen LogP contribution in [0.1, 0.15) is 6.92 Å². The number of halogens is 2. The highest BCUT2D eigenvalue weighted by molar-refractivity contribution is 7.92. The number of carbonyl (C=O) groups excluding carboxylic acids is 2. The first kappa shape index (κ1) is 21.0. The van der Waals surface area contributed by atoms with Gasteiger partial charge in [-0.05, 0) is 42.5 Å². The van der Waals surface area contributed by atoms with E-state index in [9.17, 15) is 18.0 Å². The molecule has 0 spiro atoms. The van der Waals surface area contributed by atoms with Crippen molar-refractivity contribution in [2.75, 3.05) is 27.7 Å². The smallest absolute Gasteiger partial charge is 0.245 e. The molecule has 10 heteroatoms. The van der Waals surface area contributed by atoms with Crippen molar-refractivity contribution in [3.05, 3.63) is 52.5 Å². The number of hydrogen-bond acceptors (Lipinski definition) is 4. The van der Waals surface area contributed by atoms with Crippen LogP contribution in [0.25, 0.3) is 0 Å². The minimum atomic E-state index is -3.73. The molecule has 27 heavy (non-hydrogen) atoms. The number of nitrogens with zero attached hydrogens (tertiary/aromatic N) is 1. The van der Waals surface area contributed by atoms with E-state index in [0.717, 1.165) is 10.6 Å². The maximum absolute atomic E-state index is 12.3. The van der Waals surface area contributed by atoms with Crippen molar-refractivity contribution < 1.29 is 18.0 Å². The van der Waals surface area contributed by atoms with Crippen LogP contribution in [0.15, 0.2) is 42.5 Å². The summed E-state index contributed by atoms with van der Waals surface area (Å²) in [6, 6.07) is 10.7. The lowest BCUT2D eigenvalue weighted by Crippen LogP contribution is -2.37. The monoisotopic (exact) mass is 429 g/mol. The van der Waals surface area contributed by atoms with E-state index < -0.39 is 22.5 Å². The Kier molecular flexibility index (Phi) is 6.69. The second-order valence-electron chi connectivity index (χ2n) is 5.67. The quantitative estimate of drug-likeness (QED) is 0.735. The topological polar surface area (TPSA) is 95.6 Å². The summed E-state index contributed by atoms with van der Waals surface area (Å²) in [6.45, 7) is 0.947. The van der Waals surface area contributed by atoms with Gasteiger partial charge in [0.2, 0.25) is 21.8 Å². The number of sulfonamides is 1. The third-order valence-corrected chi connectivity index (χ3v) is 5.25. The van der Waals surface area contributed by atoms with Crippen LogP contribution in [-0.2, 0) is 19.6 Å². The molecule has 0 saturated heterocycles.